The van der Waals surface area contributed by atoms with Crippen molar-refractivity contribution < 1.29 is 18.0 Å². The number of hydrogen-bond acceptors (Lipinski definition) is 4. The van der Waals surface area contributed by atoms with E-state index >= 15 is 0 Å². The van der Waals surface area contributed by atoms with Crippen molar-refractivity contribution in [1.29, 1.82) is 0 Å². The molecule has 0 aliphatic heterocycles. The number of hydrogen-bond donors (Lipinski definition) is 1. The summed E-state index contributed by atoms with van der Waals surface area (Å²) in [5, 5.41) is 3.28. The minimum atomic E-state index is -4.19. The van der Waals surface area contributed by atoms with Crippen molar-refractivity contribution in [3.05, 3.63) is 130 Å². The van der Waals surface area contributed by atoms with E-state index in [0.717, 1.165) is 33.0 Å². The smallest absolute Gasteiger partial charge is 0.264 e. The maximum absolute atomic E-state index is 14.4. The number of amides is 2. The summed E-state index contributed by atoms with van der Waals surface area (Å²) in [7, 11) is -4.19. The zero-order valence-corrected chi connectivity index (χ0v) is 26.8. The lowest BCUT2D eigenvalue weighted by Gasteiger charge is -2.34. The van der Waals surface area contributed by atoms with Crippen LogP contribution in [0.4, 0.5) is 5.69 Å². The summed E-state index contributed by atoms with van der Waals surface area (Å²) in [6, 6.07) is 29.2. The molecule has 0 heterocycles. The molecule has 0 radical (unpaired) electrons. The van der Waals surface area contributed by atoms with Crippen molar-refractivity contribution in [3.63, 3.8) is 0 Å². The number of aryl methyl sites for hydroxylation is 2. The van der Waals surface area contributed by atoms with Crippen LogP contribution in [0.25, 0.3) is 0 Å². The molecule has 0 aromatic heterocycles. The lowest BCUT2D eigenvalue weighted by atomic mass is 10.0. The minimum Gasteiger partial charge on any atom is -0.354 e. The van der Waals surface area contributed by atoms with Gasteiger partial charge >= 0.3 is 0 Å². The second-order valence-corrected chi connectivity index (χ2v) is 13.1. The Morgan fingerprint density at radius 1 is 0.818 bits per heavy atom. The number of carbonyl (C=O) groups excluding carboxylic acids is 2. The van der Waals surface area contributed by atoms with Gasteiger partial charge in [0, 0.05) is 24.5 Å². The van der Waals surface area contributed by atoms with Crippen LogP contribution >= 0.6 is 11.6 Å². The first kappa shape index (κ1) is 32.8. The summed E-state index contributed by atoms with van der Waals surface area (Å²) in [6.45, 7) is 5.84. The topological polar surface area (TPSA) is 86.8 Å². The fourth-order valence-electron chi connectivity index (χ4n) is 4.81. The quantitative estimate of drug-likeness (QED) is 0.187. The first-order chi connectivity index (χ1) is 21.1. The van der Waals surface area contributed by atoms with Crippen molar-refractivity contribution in [3.8, 4) is 0 Å². The molecule has 9 heteroatoms. The lowest BCUT2D eigenvalue weighted by molar-refractivity contribution is -0.140. The van der Waals surface area contributed by atoms with E-state index in [1.54, 1.807) is 30.3 Å². The molecule has 2 amide bonds. The molecule has 0 bridgehead atoms. The Balaban J connectivity index is 1.79. The number of halogens is 1. The van der Waals surface area contributed by atoms with Crippen molar-refractivity contribution in [2.24, 2.45) is 0 Å². The molecular weight excluding hydrogens is 594 g/mol. The third-order valence-electron chi connectivity index (χ3n) is 7.28. The van der Waals surface area contributed by atoms with E-state index in [1.165, 1.54) is 23.1 Å². The first-order valence-corrected chi connectivity index (χ1v) is 16.4. The monoisotopic (exact) mass is 631 g/mol. The van der Waals surface area contributed by atoms with Crippen LogP contribution in [-0.2, 0) is 32.6 Å². The highest BCUT2D eigenvalue weighted by atomic mass is 35.5. The minimum absolute atomic E-state index is 0.0440. The maximum Gasteiger partial charge on any atom is 0.264 e. The van der Waals surface area contributed by atoms with Crippen molar-refractivity contribution in [2.75, 3.05) is 17.4 Å². The Kier molecular flexibility index (Phi) is 11.2. The van der Waals surface area contributed by atoms with Crippen molar-refractivity contribution in [2.45, 2.75) is 51.1 Å². The molecule has 4 aromatic rings. The van der Waals surface area contributed by atoms with Crippen LogP contribution in [0.1, 0.15) is 35.6 Å². The molecule has 0 aliphatic carbocycles. The summed E-state index contributed by atoms with van der Waals surface area (Å²) in [6.07, 6.45) is 0.989. The van der Waals surface area contributed by atoms with Crippen LogP contribution in [0.3, 0.4) is 0 Å². The molecule has 0 fully saturated rings. The standard InChI is InChI=1S/C35H38ClN3O4S/c1-4-21-37-35(41)33(22-28-9-6-5-7-10-28)38(24-29-17-13-26(2)14-18-29)34(40)25-39(31-12-8-11-30(36)23-31)44(42,43)32-19-15-27(3)16-20-32/h5-20,23,33H,4,21-22,24-25H2,1-3H3,(H,37,41)/t33-/m0/s1. The molecule has 4 aromatic carbocycles. The molecule has 4 rings (SSSR count). The van der Waals surface area contributed by atoms with Crippen LogP contribution in [0, 0.1) is 13.8 Å². The number of carbonyl (C=O) groups is 2. The SMILES string of the molecule is CCCNC(=O)[C@H](Cc1ccccc1)N(Cc1ccc(C)cc1)C(=O)CN(c1cccc(Cl)c1)S(=O)(=O)c1ccc(C)cc1. The average Bonchev–Trinajstić information content (AvgIpc) is 3.01. The van der Waals surface area contributed by atoms with E-state index in [0.29, 0.717) is 11.6 Å². The van der Waals surface area contributed by atoms with Gasteiger partial charge in [0.2, 0.25) is 11.8 Å². The zero-order valence-electron chi connectivity index (χ0n) is 25.2. The highest BCUT2D eigenvalue weighted by molar-refractivity contribution is 7.92. The number of benzene rings is 4. The summed E-state index contributed by atoms with van der Waals surface area (Å²) in [5.41, 5.74) is 3.91. The number of rotatable bonds is 13. The molecule has 0 saturated carbocycles. The fourth-order valence-corrected chi connectivity index (χ4v) is 6.40. The van der Waals surface area contributed by atoms with Gasteiger partial charge in [0.25, 0.3) is 10.0 Å². The largest absolute Gasteiger partial charge is 0.354 e. The molecule has 7 nitrogen and oxygen atoms in total. The molecule has 44 heavy (non-hydrogen) atoms. The van der Waals surface area contributed by atoms with Gasteiger partial charge in [-0.25, -0.2) is 8.42 Å². The molecule has 230 valence electrons. The zero-order chi connectivity index (χ0) is 31.7. The molecule has 1 atom stereocenters. The molecule has 0 unspecified atom stereocenters. The number of nitrogens with one attached hydrogen (secondary N) is 1. The molecule has 0 saturated heterocycles. The Labute approximate surface area is 265 Å². The van der Waals surface area contributed by atoms with Crippen LogP contribution in [-0.4, -0.2) is 44.3 Å². The van der Waals surface area contributed by atoms with E-state index in [-0.39, 0.29) is 29.5 Å². The van der Waals surface area contributed by atoms with Crippen LogP contribution < -0.4 is 9.62 Å². The van der Waals surface area contributed by atoms with E-state index in [2.05, 4.69) is 5.32 Å². The van der Waals surface area contributed by atoms with Crippen LogP contribution in [0.5, 0.6) is 0 Å². The fraction of sp³-hybridized carbons (Fsp3) is 0.257. The van der Waals surface area contributed by atoms with Gasteiger partial charge in [0.1, 0.15) is 12.6 Å². The predicted octanol–water partition coefficient (Wildman–Crippen LogP) is 6.32. The second-order valence-electron chi connectivity index (χ2n) is 10.8. The van der Waals surface area contributed by atoms with Gasteiger partial charge in [-0.15, -0.1) is 0 Å². The van der Waals surface area contributed by atoms with Gasteiger partial charge in [0.15, 0.2) is 0 Å². The van der Waals surface area contributed by atoms with Gasteiger partial charge in [-0.2, -0.15) is 0 Å². The second kappa shape index (κ2) is 15.0. The van der Waals surface area contributed by atoms with Gasteiger partial charge in [-0.05, 0) is 61.7 Å². The van der Waals surface area contributed by atoms with Gasteiger partial charge in [-0.3, -0.25) is 13.9 Å². The summed E-state index contributed by atoms with van der Waals surface area (Å²) in [5.74, 6) is -0.819. The maximum atomic E-state index is 14.4. The normalized spacial score (nSPS) is 11.9. The Morgan fingerprint density at radius 3 is 2.07 bits per heavy atom. The van der Waals surface area contributed by atoms with Gasteiger partial charge in [0.05, 0.1) is 10.6 Å². The average molecular weight is 632 g/mol. The van der Waals surface area contributed by atoms with Crippen molar-refractivity contribution >= 4 is 39.1 Å². The van der Waals surface area contributed by atoms with E-state index in [9.17, 15) is 18.0 Å². The number of anilines is 1. The molecule has 0 spiro atoms. The Morgan fingerprint density at radius 2 is 1.45 bits per heavy atom. The summed E-state index contributed by atoms with van der Waals surface area (Å²) in [4.78, 5) is 29.7. The number of sulfonamides is 1. The highest BCUT2D eigenvalue weighted by Crippen LogP contribution is 2.27. The Bertz CT molecular complexity index is 1660. The third-order valence-corrected chi connectivity index (χ3v) is 9.30. The van der Waals surface area contributed by atoms with Gasteiger partial charge in [-0.1, -0.05) is 102 Å². The molecular formula is C35H38ClN3O4S. The number of nitrogens with zero attached hydrogens (tertiary/aromatic N) is 2. The molecule has 0 aliphatic rings. The van der Waals surface area contributed by atoms with E-state index in [4.69, 9.17) is 11.6 Å². The third kappa shape index (κ3) is 8.49. The van der Waals surface area contributed by atoms with Crippen LogP contribution in [0.2, 0.25) is 5.02 Å². The predicted molar refractivity (Wildman–Crippen MR) is 176 cm³/mol. The van der Waals surface area contributed by atoms with Crippen LogP contribution in [0.15, 0.2) is 108 Å². The van der Waals surface area contributed by atoms with E-state index < -0.39 is 28.5 Å². The Hall–Kier alpha value is -4.14. The van der Waals surface area contributed by atoms with E-state index in [1.807, 2.05) is 75.4 Å². The van der Waals surface area contributed by atoms with Crippen molar-refractivity contribution in [1.82, 2.24) is 10.2 Å². The lowest BCUT2D eigenvalue weighted by Crippen LogP contribution is -2.53. The summed E-state index contributed by atoms with van der Waals surface area (Å²) < 4.78 is 29.2. The summed E-state index contributed by atoms with van der Waals surface area (Å²) >= 11 is 6.29. The molecule has 1 N–H and O–H groups in total. The highest BCUT2D eigenvalue weighted by Gasteiger charge is 2.34. The first-order valence-electron chi connectivity index (χ1n) is 14.6. The van der Waals surface area contributed by atoms with Gasteiger partial charge < -0.3 is 10.2 Å².